The Kier molecular flexibility index (Phi) is 7.36. The molecular formula is C30H28N2O3. The van der Waals surface area contributed by atoms with Crippen molar-refractivity contribution in [3.8, 4) is 22.6 Å². The normalized spacial score (nSPS) is 11.0. The molecule has 0 fully saturated rings. The topological polar surface area (TPSA) is 60.2 Å². The minimum Gasteiger partial charge on any atom is -0.494 e. The van der Waals surface area contributed by atoms with Crippen molar-refractivity contribution in [2.75, 3.05) is 6.61 Å². The van der Waals surface area contributed by atoms with E-state index in [0.717, 1.165) is 39.4 Å². The first-order chi connectivity index (χ1) is 16.9. The second-order valence-electron chi connectivity index (χ2n) is 8.37. The zero-order chi connectivity index (χ0) is 24.8. The monoisotopic (exact) mass is 464 g/mol. The highest BCUT2D eigenvalue weighted by molar-refractivity contribution is 5.91. The fraction of sp³-hybridized carbons (Fsp3) is 0.167. The Labute approximate surface area is 206 Å². The van der Waals surface area contributed by atoms with E-state index in [-0.39, 0.29) is 0 Å². The Morgan fingerprint density at radius 2 is 1.29 bits per heavy atom. The van der Waals surface area contributed by atoms with E-state index in [1.54, 1.807) is 12.1 Å². The van der Waals surface area contributed by atoms with Gasteiger partial charge in [0.25, 0.3) is 0 Å². The quantitative estimate of drug-likeness (QED) is 0.157. The van der Waals surface area contributed by atoms with Crippen molar-refractivity contribution >= 4 is 17.3 Å². The summed E-state index contributed by atoms with van der Waals surface area (Å²) in [5, 5.41) is 8.75. The minimum absolute atomic E-state index is 0.406. The molecule has 5 nitrogen and oxygen atoms in total. The van der Waals surface area contributed by atoms with Crippen LogP contribution in [0.25, 0.3) is 11.1 Å². The van der Waals surface area contributed by atoms with Gasteiger partial charge in [0.15, 0.2) is 0 Å². The largest absolute Gasteiger partial charge is 0.494 e. The Hall–Kier alpha value is -4.25. The third kappa shape index (κ3) is 6.01. The van der Waals surface area contributed by atoms with Gasteiger partial charge in [-0.1, -0.05) is 42.0 Å². The van der Waals surface area contributed by atoms with Crippen molar-refractivity contribution in [2.45, 2.75) is 27.7 Å². The molecule has 0 aromatic heterocycles. The maximum atomic E-state index is 12.7. The van der Waals surface area contributed by atoms with Crippen LogP contribution >= 0.6 is 0 Å². The van der Waals surface area contributed by atoms with Crippen molar-refractivity contribution in [3.63, 3.8) is 0 Å². The Balaban J connectivity index is 1.45. The van der Waals surface area contributed by atoms with Gasteiger partial charge < -0.3 is 9.47 Å². The van der Waals surface area contributed by atoms with Crippen LogP contribution in [0.5, 0.6) is 11.5 Å². The molecule has 0 aliphatic heterocycles. The molecule has 0 heterocycles. The molecule has 35 heavy (non-hydrogen) atoms. The zero-order valence-corrected chi connectivity index (χ0v) is 20.4. The third-order valence-electron chi connectivity index (χ3n) is 5.59. The molecule has 4 rings (SSSR count). The number of nitrogens with zero attached hydrogens (tertiary/aromatic N) is 2. The van der Waals surface area contributed by atoms with Gasteiger partial charge in [0.1, 0.15) is 11.5 Å². The summed E-state index contributed by atoms with van der Waals surface area (Å²) in [4.78, 5) is 12.7. The van der Waals surface area contributed by atoms with Crippen LogP contribution in [0.2, 0.25) is 0 Å². The number of aryl methyl sites for hydroxylation is 3. The molecule has 0 amide bonds. The van der Waals surface area contributed by atoms with Gasteiger partial charge in [-0.25, -0.2) is 4.79 Å². The summed E-state index contributed by atoms with van der Waals surface area (Å²) in [6.45, 7) is 8.49. The zero-order valence-electron chi connectivity index (χ0n) is 20.4. The molecular weight excluding hydrogens is 436 g/mol. The SMILES string of the molecule is CCOc1ccc(-c2ccc(C(=O)Oc3cc(C)c(N=Nc4ccc(C)cc4)c(C)c3)cc2)cc1. The van der Waals surface area contributed by atoms with Gasteiger partial charge in [-0.2, -0.15) is 10.2 Å². The lowest BCUT2D eigenvalue weighted by molar-refractivity contribution is 0.0734. The molecule has 0 bridgehead atoms. The van der Waals surface area contributed by atoms with Gasteiger partial charge in [0.2, 0.25) is 0 Å². The summed E-state index contributed by atoms with van der Waals surface area (Å²) in [6.07, 6.45) is 0. The number of rotatable bonds is 7. The third-order valence-corrected chi connectivity index (χ3v) is 5.59. The first kappa shape index (κ1) is 23.9. The number of hydrogen-bond acceptors (Lipinski definition) is 5. The molecule has 0 aliphatic carbocycles. The lowest BCUT2D eigenvalue weighted by atomic mass is 10.0. The van der Waals surface area contributed by atoms with E-state index < -0.39 is 5.97 Å². The molecule has 0 spiro atoms. The van der Waals surface area contributed by atoms with Crippen LogP contribution in [-0.4, -0.2) is 12.6 Å². The number of ether oxygens (including phenoxy) is 2. The van der Waals surface area contributed by atoms with Crippen molar-refractivity contribution in [1.82, 2.24) is 0 Å². The lowest BCUT2D eigenvalue weighted by Gasteiger charge is -2.10. The molecule has 0 unspecified atom stereocenters. The fourth-order valence-corrected chi connectivity index (χ4v) is 3.73. The van der Waals surface area contributed by atoms with Crippen LogP contribution in [0.1, 0.15) is 34.0 Å². The van der Waals surface area contributed by atoms with Crippen molar-refractivity contribution in [3.05, 3.63) is 107 Å². The Bertz CT molecular complexity index is 1320. The summed E-state index contributed by atoms with van der Waals surface area (Å²) < 4.78 is 11.1. The number of azo groups is 1. The van der Waals surface area contributed by atoms with E-state index in [4.69, 9.17) is 9.47 Å². The molecule has 0 N–H and O–H groups in total. The predicted molar refractivity (Wildman–Crippen MR) is 139 cm³/mol. The summed E-state index contributed by atoms with van der Waals surface area (Å²) in [6, 6.07) is 26.7. The minimum atomic E-state index is -0.406. The van der Waals surface area contributed by atoms with E-state index in [9.17, 15) is 4.79 Å². The van der Waals surface area contributed by atoms with E-state index >= 15 is 0 Å². The maximum Gasteiger partial charge on any atom is 0.343 e. The van der Waals surface area contributed by atoms with Crippen LogP contribution in [-0.2, 0) is 0 Å². The molecule has 4 aromatic rings. The van der Waals surface area contributed by atoms with E-state index in [0.29, 0.717) is 17.9 Å². The lowest BCUT2D eigenvalue weighted by Crippen LogP contribution is -2.08. The summed E-state index contributed by atoms with van der Waals surface area (Å²) in [7, 11) is 0. The van der Waals surface area contributed by atoms with E-state index in [2.05, 4.69) is 10.2 Å². The standard InChI is InChI=1S/C30H28N2O3/c1-5-34-27-16-12-24(13-17-27)23-8-10-25(11-9-23)30(33)35-28-18-21(3)29(22(4)19-28)32-31-26-14-6-20(2)7-15-26/h6-19H,5H2,1-4H3. The predicted octanol–water partition coefficient (Wildman–Crippen LogP) is 8.31. The van der Waals surface area contributed by atoms with Gasteiger partial charge in [-0.15, -0.1) is 0 Å². The van der Waals surface area contributed by atoms with Crippen LogP contribution in [0.3, 0.4) is 0 Å². The number of benzene rings is 4. The number of carbonyl (C=O) groups is 1. The Morgan fingerprint density at radius 3 is 1.86 bits per heavy atom. The van der Waals surface area contributed by atoms with Gasteiger partial charge in [0, 0.05) is 0 Å². The first-order valence-electron chi connectivity index (χ1n) is 11.6. The fourth-order valence-electron chi connectivity index (χ4n) is 3.73. The molecule has 176 valence electrons. The van der Waals surface area contributed by atoms with Gasteiger partial charge in [-0.3, -0.25) is 0 Å². The van der Waals surface area contributed by atoms with Gasteiger partial charge >= 0.3 is 5.97 Å². The van der Waals surface area contributed by atoms with E-state index in [1.807, 2.05) is 100 Å². The summed E-state index contributed by atoms with van der Waals surface area (Å²) in [5.74, 6) is 0.913. The molecule has 4 aromatic carbocycles. The summed E-state index contributed by atoms with van der Waals surface area (Å²) in [5.41, 5.74) is 7.05. The number of carbonyl (C=O) groups excluding carboxylic acids is 1. The average molecular weight is 465 g/mol. The highest BCUT2D eigenvalue weighted by Crippen LogP contribution is 2.31. The second-order valence-corrected chi connectivity index (χ2v) is 8.37. The molecule has 0 saturated heterocycles. The highest BCUT2D eigenvalue weighted by Gasteiger charge is 2.12. The van der Waals surface area contributed by atoms with Crippen LogP contribution in [0.15, 0.2) is 95.2 Å². The number of esters is 1. The van der Waals surface area contributed by atoms with Crippen LogP contribution in [0.4, 0.5) is 11.4 Å². The van der Waals surface area contributed by atoms with Crippen LogP contribution in [0, 0.1) is 20.8 Å². The number of hydrogen-bond donors (Lipinski definition) is 0. The van der Waals surface area contributed by atoms with Gasteiger partial charge in [-0.05, 0) is 98.5 Å². The molecule has 0 radical (unpaired) electrons. The van der Waals surface area contributed by atoms with E-state index in [1.165, 1.54) is 5.56 Å². The van der Waals surface area contributed by atoms with Crippen LogP contribution < -0.4 is 9.47 Å². The smallest absolute Gasteiger partial charge is 0.343 e. The second kappa shape index (κ2) is 10.8. The van der Waals surface area contributed by atoms with Crippen molar-refractivity contribution < 1.29 is 14.3 Å². The molecule has 5 heteroatoms. The average Bonchev–Trinajstić information content (AvgIpc) is 2.85. The first-order valence-corrected chi connectivity index (χ1v) is 11.6. The molecule has 0 saturated carbocycles. The van der Waals surface area contributed by atoms with Crippen molar-refractivity contribution in [2.24, 2.45) is 10.2 Å². The maximum absolute atomic E-state index is 12.7. The molecule has 0 atom stereocenters. The Morgan fingerprint density at radius 1 is 0.714 bits per heavy atom. The summed E-state index contributed by atoms with van der Waals surface area (Å²) >= 11 is 0. The highest BCUT2D eigenvalue weighted by atomic mass is 16.5. The molecule has 0 aliphatic rings. The van der Waals surface area contributed by atoms with Gasteiger partial charge in [0.05, 0.1) is 23.5 Å². The van der Waals surface area contributed by atoms with Crippen molar-refractivity contribution in [1.29, 1.82) is 0 Å².